The highest BCUT2D eigenvalue weighted by molar-refractivity contribution is 5.76. The van der Waals surface area contributed by atoms with Crippen molar-refractivity contribution in [3.05, 3.63) is 311 Å². The number of rotatable bonds is 8. The first-order valence-corrected chi connectivity index (χ1v) is 29.3. The number of nitrogens with zero attached hydrogens (tertiary/aromatic N) is 4. The van der Waals surface area contributed by atoms with Crippen molar-refractivity contribution in [1.29, 1.82) is 0 Å². The van der Waals surface area contributed by atoms with E-state index in [4.69, 9.17) is 4.11 Å². The summed E-state index contributed by atoms with van der Waals surface area (Å²) in [5, 5.41) is 0. The van der Waals surface area contributed by atoms with Crippen molar-refractivity contribution < 1.29 is 22.4 Å². The molecule has 0 aliphatic heterocycles. The van der Waals surface area contributed by atoms with Gasteiger partial charge in [0.15, 0.2) is 24.8 Å². The fourth-order valence-electron chi connectivity index (χ4n) is 11.3. The van der Waals surface area contributed by atoms with Crippen LogP contribution in [0.5, 0.6) is 0 Å². The fourth-order valence-corrected chi connectivity index (χ4v) is 11.3. The third-order valence-corrected chi connectivity index (χ3v) is 15.9. The molecule has 0 saturated heterocycles. The van der Waals surface area contributed by atoms with E-state index in [2.05, 4.69) is 297 Å². The summed E-state index contributed by atoms with van der Waals surface area (Å²) in [6.45, 7) is 15.1. The average molecular weight is 1110 g/mol. The van der Waals surface area contributed by atoms with E-state index in [1.807, 2.05) is 60.1 Å². The van der Waals surface area contributed by atoms with Crippen molar-refractivity contribution in [3.63, 3.8) is 0 Å². The first-order chi connectivity index (χ1) is 42.2. The Labute approximate surface area is 511 Å². The molecule has 0 aliphatic rings. The van der Waals surface area contributed by atoms with E-state index in [0.717, 1.165) is 27.9 Å². The predicted octanol–water partition coefficient (Wildman–Crippen LogP) is 18.2. The number of benzene rings is 8. The van der Waals surface area contributed by atoms with E-state index in [-0.39, 0.29) is 0 Å². The third kappa shape index (κ3) is 14.6. The Bertz CT molecular complexity index is 4360. The summed E-state index contributed by atoms with van der Waals surface area (Å²) in [4.78, 5) is 0. The lowest BCUT2D eigenvalue weighted by Gasteiger charge is -2.10. The van der Waals surface area contributed by atoms with Crippen LogP contribution >= 0.6 is 0 Å². The van der Waals surface area contributed by atoms with E-state index in [1.165, 1.54) is 106 Å². The molecule has 0 bridgehead atoms. The Hall–Kier alpha value is -9.64. The SMILES string of the molecule is Cc1c[n+](C)c(-c2ccccc2C)cc1-c1ccccc1.Cc1ccc(-c2cc(-c3ccccc3)c(C)c[n+]2C)c(C)c1.Cc1ccc(-c2cc(-c3ccccc3)cc[n+]2C)c(C)c1.[2H]C([2H])([2H])c1c[n+](C)c(-c2ccccc2C)cc1-c1ccccc1. The highest BCUT2D eigenvalue weighted by Gasteiger charge is 2.20. The van der Waals surface area contributed by atoms with Gasteiger partial charge in [0.05, 0.1) is 0 Å². The summed E-state index contributed by atoms with van der Waals surface area (Å²) in [6, 6.07) is 82.4. The second kappa shape index (κ2) is 27.6. The molecule has 0 saturated carbocycles. The molecule has 85 heavy (non-hydrogen) atoms. The largest absolute Gasteiger partial charge is 0.213 e. The van der Waals surface area contributed by atoms with E-state index < -0.39 is 6.85 Å². The van der Waals surface area contributed by atoms with Gasteiger partial charge in [-0.25, -0.2) is 18.3 Å². The Balaban J connectivity index is 0.000000140. The summed E-state index contributed by atoms with van der Waals surface area (Å²) in [5.41, 5.74) is 29.7. The minimum absolute atomic E-state index is 0.369. The molecule has 4 nitrogen and oxygen atoms in total. The molecule has 12 aromatic rings. The van der Waals surface area contributed by atoms with Gasteiger partial charge in [-0.05, 0) is 153 Å². The molecule has 0 unspecified atom stereocenters. The predicted molar refractivity (Wildman–Crippen MR) is 357 cm³/mol. The van der Waals surface area contributed by atoms with Crippen LogP contribution in [0.4, 0.5) is 0 Å². The highest BCUT2D eigenvalue weighted by Crippen LogP contribution is 2.32. The lowest BCUT2D eigenvalue weighted by molar-refractivity contribution is -0.660. The molecular weight excluding hydrogens is 1030 g/mol. The van der Waals surface area contributed by atoms with Crippen LogP contribution < -0.4 is 18.3 Å². The summed E-state index contributed by atoms with van der Waals surface area (Å²) >= 11 is 0. The average Bonchev–Trinajstić information content (AvgIpc) is 1.40. The van der Waals surface area contributed by atoms with Crippen molar-refractivity contribution >= 4 is 0 Å². The third-order valence-electron chi connectivity index (χ3n) is 15.9. The van der Waals surface area contributed by atoms with Gasteiger partial charge in [-0.3, -0.25) is 0 Å². The van der Waals surface area contributed by atoms with Crippen LogP contribution in [0.1, 0.15) is 54.2 Å². The summed E-state index contributed by atoms with van der Waals surface area (Å²) in [7, 11) is 8.23. The van der Waals surface area contributed by atoms with Gasteiger partial charge in [0.1, 0.15) is 28.2 Å². The zero-order valence-electron chi connectivity index (χ0n) is 54.6. The van der Waals surface area contributed by atoms with Crippen molar-refractivity contribution in [2.24, 2.45) is 28.2 Å². The smallest absolute Gasteiger partial charge is 0.201 e. The minimum atomic E-state index is -2.16. The molecule has 0 atom stereocenters. The number of hydrogen-bond acceptors (Lipinski definition) is 0. The maximum absolute atomic E-state index is 7.90. The van der Waals surface area contributed by atoms with Gasteiger partial charge in [-0.1, -0.05) is 193 Å². The van der Waals surface area contributed by atoms with E-state index in [1.54, 1.807) is 6.20 Å². The Kier molecular flexibility index (Phi) is 18.2. The Morgan fingerprint density at radius 2 is 0.553 bits per heavy atom. The van der Waals surface area contributed by atoms with E-state index >= 15 is 0 Å². The fraction of sp³-hybridized carbons (Fsp3) is 0.160. The van der Waals surface area contributed by atoms with Crippen molar-refractivity contribution in [1.82, 2.24) is 0 Å². The van der Waals surface area contributed by atoms with Crippen LogP contribution in [0.3, 0.4) is 0 Å². The van der Waals surface area contributed by atoms with Crippen LogP contribution in [0.25, 0.3) is 89.5 Å². The van der Waals surface area contributed by atoms with Gasteiger partial charge in [-0.15, -0.1) is 0 Å². The quantitative estimate of drug-likeness (QED) is 0.135. The zero-order chi connectivity index (χ0) is 62.6. The van der Waals surface area contributed by atoms with Crippen molar-refractivity contribution in [2.75, 3.05) is 0 Å². The maximum atomic E-state index is 7.90. The lowest BCUT2D eigenvalue weighted by atomic mass is 9.97. The van der Waals surface area contributed by atoms with Gasteiger partial charge in [0.2, 0.25) is 22.8 Å². The number of aryl methyl sites for hydroxylation is 13. The molecule has 422 valence electrons. The molecular formula is C81H82N4+4. The molecule has 12 rings (SSSR count). The molecule has 0 aliphatic carbocycles. The number of aromatic nitrogens is 4. The molecule has 0 N–H and O–H groups in total. The van der Waals surface area contributed by atoms with Crippen molar-refractivity contribution in [2.45, 2.75) is 62.2 Å². The molecule has 4 heteroatoms. The van der Waals surface area contributed by atoms with E-state index in [9.17, 15) is 0 Å². The molecule has 0 amide bonds. The van der Waals surface area contributed by atoms with Crippen LogP contribution in [0.15, 0.2) is 261 Å². The van der Waals surface area contributed by atoms with Crippen LogP contribution in [-0.2, 0) is 28.2 Å². The Morgan fingerprint density at radius 3 is 0.918 bits per heavy atom. The minimum Gasteiger partial charge on any atom is -0.201 e. The second-order valence-corrected chi connectivity index (χ2v) is 22.5. The first-order valence-electron chi connectivity index (χ1n) is 30.8. The molecule has 0 spiro atoms. The van der Waals surface area contributed by atoms with Crippen LogP contribution in [-0.4, -0.2) is 0 Å². The molecule has 8 aromatic carbocycles. The van der Waals surface area contributed by atoms with E-state index in [0.29, 0.717) is 5.56 Å². The topological polar surface area (TPSA) is 15.5 Å². The molecule has 0 fully saturated rings. The van der Waals surface area contributed by atoms with Gasteiger partial charge >= 0.3 is 0 Å². The van der Waals surface area contributed by atoms with Gasteiger partial charge in [0.25, 0.3) is 0 Å². The van der Waals surface area contributed by atoms with Crippen LogP contribution in [0, 0.1) is 62.2 Å². The van der Waals surface area contributed by atoms with Crippen molar-refractivity contribution in [3.8, 4) is 89.5 Å². The van der Waals surface area contributed by atoms with Gasteiger partial charge in [-0.2, -0.15) is 0 Å². The second-order valence-electron chi connectivity index (χ2n) is 22.5. The Morgan fingerprint density at radius 1 is 0.235 bits per heavy atom. The normalized spacial score (nSPS) is 11.3. The number of hydrogen-bond donors (Lipinski definition) is 0. The number of pyridine rings is 4. The molecule has 4 aromatic heterocycles. The maximum Gasteiger partial charge on any atom is 0.213 e. The standard InChI is InChI=1S/C21H22N.3C20H20N/c1-15-10-11-19(16(2)12-15)21-13-20(17(3)14-22(21)4)18-8-6-5-7-9-18;2*1-15-9-7-8-12-18(15)20-13-19(16(2)14-21(20)3)17-10-5-4-6-11-17;1-15-9-10-19(16(2)13-15)20-14-18(11-12-21(20)3)17-7-5-4-6-8-17/h5-14H,1-4H3;3*4-14H,1-3H3/q4*+1/i;2D3;;. The summed E-state index contributed by atoms with van der Waals surface area (Å²) < 4.78 is 32.2. The van der Waals surface area contributed by atoms with Crippen LogP contribution in [0.2, 0.25) is 0 Å². The van der Waals surface area contributed by atoms with Gasteiger partial charge in [0, 0.05) is 73.4 Å². The lowest BCUT2D eigenvalue weighted by Crippen LogP contribution is -2.31. The summed E-state index contributed by atoms with van der Waals surface area (Å²) in [5.74, 6) is 0. The van der Waals surface area contributed by atoms with Gasteiger partial charge < -0.3 is 0 Å². The highest BCUT2D eigenvalue weighted by atomic mass is 14.9. The zero-order valence-corrected chi connectivity index (χ0v) is 51.6. The monoisotopic (exact) mass is 1110 g/mol. The first kappa shape index (κ1) is 55.9. The molecule has 4 heterocycles. The molecule has 0 radical (unpaired) electrons. The summed E-state index contributed by atoms with van der Waals surface area (Å²) in [6.07, 6.45) is 8.30.